The first-order valence-corrected chi connectivity index (χ1v) is 8.49. The molecule has 0 radical (unpaired) electrons. The number of aliphatic imine (C=N–C) groups is 1. The largest absolute Gasteiger partial charge is 0.424 e. The molecular weight excluding hydrogens is 328 g/mol. The minimum absolute atomic E-state index is 0.187. The number of benzene rings is 1. The van der Waals surface area contributed by atoms with Crippen molar-refractivity contribution in [1.29, 1.82) is 0 Å². The molecule has 2 heterocycles. The SMILES string of the molecule is CCCCC1=CC(C2=NOC(C(=O)Oc3ccccc3)C2)C(Cl)=N1. The summed E-state index contributed by atoms with van der Waals surface area (Å²) < 4.78 is 5.29. The van der Waals surface area contributed by atoms with Crippen molar-refractivity contribution >= 4 is 28.5 Å². The Morgan fingerprint density at radius 2 is 2.17 bits per heavy atom. The fourth-order valence-corrected chi connectivity index (χ4v) is 2.91. The molecular formula is C18H19ClN2O3. The van der Waals surface area contributed by atoms with Crippen molar-refractivity contribution in [2.45, 2.75) is 38.7 Å². The van der Waals surface area contributed by atoms with Gasteiger partial charge in [0.2, 0.25) is 6.10 Å². The van der Waals surface area contributed by atoms with E-state index in [0.717, 1.165) is 25.0 Å². The molecule has 0 amide bonds. The molecule has 0 bridgehead atoms. The Hall–Kier alpha value is -2.14. The van der Waals surface area contributed by atoms with E-state index in [1.165, 1.54) is 0 Å². The van der Waals surface area contributed by atoms with Crippen LogP contribution in [0.2, 0.25) is 0 Å². The van der Waals surface area contributed by atoms with Crippen molar-refractivity contribution in [1.82, 2.24) is 0 Å². The summed E-state index contributed by atoms with van der Waals surface area (Å²) in [6.45, 7) is 2.14. The number of hydrogen-bond acceptors (Lipinski definition) is 5. The average Bonchev–Trinajstić information content (AvgIpc) is 3.20. The molecule has 0 N–H and O–H groups in total. The molecule has 126 valence electrons. The van der Waals surface area contributed by atoms with Crippen LogP contribution in [-0.4, -0.2) is 23.0 Å². The van der Waals surface area contributed by atoms with Crippen molar-refractivity contribution < 1.29 is 14.4 Å². The second-order valence-electron chi connectivity index (χ2n) is 5.79. The Morgan fingerprint density at radius 1 is 1.38 bits per heavy atom. The summed E-state index contributed by atoms with van der Waals surface area (Å²) >= 11 is 6.23. The Bertz CT molecular complexity index is 697. The van der Waals surface area contributed by atoms with Crippen molar-refractivity contribution in [2.75, 3.05) is 0 Å². The summed E-state index contributed by atoms with van der Waals surface area (Å²) in [6.07, 6.45) is 4.70. The molecule has 2 unspecified atom stereocenters. The zero-order chi connectivity index (χ0) is 16.9. The molecule has 2 aliphatic heterocycles. The summed E-state index contributed by atoms with van der Waals surface area (Å²) in [5.41, 5.74) is 1.69. The van der Waals surface area contributed by atoms with Crippen LogP contribution in [0.1, 0.15) is 32.6 Å². The lowest BCUT2D eigenvalue weighted by atomic mass is 9.99. The normalized spacial score (nSPS) is 22.5. The Morgan fingerprint density at radius 3 is 2.92 bits per heavy atom. The third kappa shape index (κ3) is 3.85. The van der Waals surface area contributed by atoms with Gasteiger partial charge in [0.05, 0.1) is 11.6 Å². The highest BCUT2D eigenvalue weighted by molar-refractivity contribution is 6.68. The average molecular weight is 347 g/mol. The van der Waals surface area contributed by atoms with Crippen molar-refractivity contribution in [2.24, 2.45) is 16.1 Å². The second-order valence-corrected chi connectivity index (χ2v) is 6.18. The highest BCUT2D eigenvalue weighted by Crippen LogP contribution is 2.29. The topological polar surface area (TPSA) is 60.2 Å². The van der Waals surface area contributed by atoms with Gasteiger partial charge in [-0.3, -0.25) is 0 Å². The predicted molar refractivity (Wildman–Crippen MR) is 93.4 cm³/mol. The van der Waals surface area contributed by atoms with Crippen molar-refractivity contribution in [3.63, 3.8) is 0 Å². The third-order valence-electron chi connectivity index (χ3n) is 3.93. The molecule has 0 saturated heterocycles. The number of halogens is 1. The van der Waals surface area contributed by atoms with E-state index >= 15 is 0 Å². The molecule has 3 rings (SSSR count). The molecule has 0 spiro atoms. The molecule has 1 aromatic carbocycles. The quantitative estimate of drug-likeness (QED) is 0.576. The van der Waals surface area contributed by atoms with Crippen LogP contribution in [-0.2, 0) is 9.63 Å². The number of hydrogen-bond donors (Lipinski definition) is 0. The summed E-state index contributed by atoms with van der Waals surface area (Å²) in [5, 5.41) is 4.52. The lowest BCUT2D eigenvalue weighted by Gasteiger charge is -2.08. The zero-order valence-electron chi connectivity index (χ0n) is 13.4. The lowest BCUT2D eigenvalue weighted by Crippen LogP contribution is -2.27. The van der Waals surface area contributed by atoms with Crippen molar-refractivity contribution in [3.8, 4) is 5.75 Å². The molecule has 24 heavy (non-hydrogen) atoms. The number of rotatable bonds is 6. The summed E-state index contributed by atoms with van der Waals surface area (Å²) in [6, 6.07) is 8.90. The fraction of sp³-hybridized carbons (Fsp3) is 0.389. The number of carbonyl (C=O) groups excluding carboxylic acids is 1. The van der Waals surface area contributed by atoms with E-state index in [1.807, 2.05) is 12.1 Å². The zero-order valence-corrected chi connectivity index (χ0v) is 14.2. The first kappa shape index (κ1) is 16.7. The summed E-state index contributed by atoms with van der Waals surface area (Å²) in [7, 11) is 0. The number of esters is 1. The van der Waals surface area contributed by atoms with Crippen LogP contribution in [0.3, 0.4) is 0 Å². The van der Waals surface area contributed by atoms with Gasteiger partial charge in [-0.2, -0.15) is 0 Å². The minimum atomic E-state index is -0.738. The first-order valence-electron chi connectivity index (χ1n) is 8.11. The second kappa shape index (κ2) is 7.62. The summed E-state index contributed by atoms with van der Waals surface area (Å²) in [5.74, 6) is -0.156. The van der Waals surface area contributed by atoms with E-state index in [1.54, 1.807) is 24.3 Å². The van der Waals surface area contributed by atoms with Crippen LogP contribution in [0.25, 0.3) is 0 Å². The Balaban J connectivity index is 1.58. The number of oxime groups is 1. The van der Waals surface area contributed by atoms with E-state index in [2.05, 4.69) is 17.1 Å². The minimum Gasteiger partial charge on any atom is -0.424 e. The third-order valence-corrected chi connectivity index (χ3v) is 4.25. The molecule has 2 atom stereocenters. The molecule has 6 heteroatoms. The van der Waals surface area contributed by atoms with E-state index in [0.29, 0.717) is 23.1 Å². The fourth-order valence-electron chi connectivity index (χ4n) is 2.61. The van der Waals surface area contributed by atoms with Gasteiger partial charge in [-0.05, 0) is 31.1 Å². The van der Waals surface area contributed by atoms with Crippen LogP contribution in [0.5, 0.6) is 5.75 Å². The molecule has 0 fully saturated rings. The van der Waals surface area contributed by atoms with Gasteiger partial charge in [0.1, 0.15) is 10.9 Å². The molecule has 5 nitrogen and oxygen atoms in total. The smallest absolute Gasteiger partial charge is 0.355 e. The molecule has 0 saturated carbocycles. The number of unbranched alkanes of at least 4 members (excludes halogenated alkanes) is 1. The number of carbonyl (C=O) groups is 1. The molecule has 2 aliphatic rings. The standard InChI is InChI=1S/C18H19ClN2O3/c1-2-3-7-12-10-14(17(19)20-12)15-11-16(24-21-15)18(22)23-13-8-5-4-6-9-13/h4-6,8-10,14,16H,2-3,7,11H2,1H3. The van der Waals surface area contributed by atoms with Gasteiger partial charge in [0.15, 0.2) is 0 Å². The van der Waals surface area contributed by atoms with Crippen molar-refractivity contribution in [3.05, 3.63) is 42.1 Å². The van der Waals surface area contributed by atoms with Crippen LogP contribution in [0, 0.1) is 5.92 Å². The van der Waals surface area contributed by atoms with E-state index < -0.39 is 12.1 Å². The monoisotopic (exact) mass is 346 g/mol. The number of nitrogens with zero attached hydrogens (tertiary/aromatic N) is 2. The Kier molecular flexibility index (Phi) is 5.30. The van der Waals surface area contributed by atoms with Gasteiger partial charge in [-0.1, -0.05) is 48.3 Å². The number of allylic oxidation sites excluding steroid dienone is 2. The van der Waals surface area contributed by atoms with Crippen LogP contribution in [0.4, 0.5) is 0 Å². The van der Waals surface area contributed by atoms with Gasteiger partial charge >= 0.3 is 5.97 Å². The maximum absolute atomic E-state index is 12.2. The molecule has 0 aliphatic carbocycles. The number of para-hydroxylation sites is 1. The van der Waals surface area contributed by atoms with Crippen LogP contribution >= 0.6 is 11.6 Å². The van der Waals surface area contributed by atoms with Crippen LogP contribution < -0.4 is 4.74 Å². The van der Waals surface area contributed by atoms with Gasteiger partial charge in [0, 0.05) is 12.1 Å². The number of ether oxygens (including phenoxy) is 1. The highest BCUT2D eigenvalue weighted by atomic mass is 35.5. The first-order chi connectivity index (χ1) is 11.7. The highest BCUT2D eigenvalue weighted by Gasteiger charge is 2.36. The van der Waals surface area contributed by atoms with E-state index in [4.69, 9.17) is 21.2 Å². The molecule has 0 aromatic heterocycles. The Labute approximate surface area is 146 Å². The van der Waals surface area contributed by atoms with Gasteiger partial charge in [-0.15, -0.1) is 0 Å². The van der Waals surface area contributed by atoms with E-state index in [9.17, 15) is 4.79 Å². The lowest BCUT2D eigenvalue weighted by molar-refractivity contribution is -0.145. The molecule has 1 aromatic rings. The predicted octanol–water partition coefficient (Wildman–Crippen LogP) is 4.08. The van der Waals surface area contributed by atoms with Crippen LogP contribution in [0.15, 0.2) is 52.3 Å². The van der Waals surface area contributed by atoms with E-state index in [-0.39, 0.29) is 5.92 Å². The summed E-state index contributed by atoms with van der Waals surface area (Å²) in [4.78, 5) is 21.8. The maximum Gasteiger partial charge on any atom is 0.355 e. The van der Waals surface area contributed by atoms with Gasteiger partial charge in [-0.25, -0.2) is 9.79 Å². The maximum atomic E-state index is 12.2. The van der Waals surface area contributed by atoms with Gasteiger partial charge in [0.25, 0.3) is 0 Å². The van der Waals surface area contributed by atoms with Gasteiger partial charge < -0.3 is 9.57 Å².